The molecule has 0 aliphatic heterocycles. The predicted molar refractivity (Wildman–Crippen MR) is 40.2 cm³/mol. The minimum Gasteiger partial charge on any atom is -0.507 e. The number of carbonyl (C=O) groups excluding carboxylic acids is 1. The molecule has 0 aliphatic carbocycles. The molecule has 0 saturated carbocycles. The Morgan fingerprint density at radius 3 is 1.86 bits per heavy atom. The summed E-state index contributed by atoms with van der Waals surface area (Å²) < 4.78 is 36.4. The molecule has 0 spiro atoms. The molecular formula is C8H5F3O3. The van der Waals surface area contributed by atoms with Crippen LogP contribution in [0.15, 0.2) is 12.1 Å². The summed E-state index contributed by atoms with van der Waals surface area (Å²) in [6.45, 7) is 0. The number of aromatic hydroxyl groups is 2. The first kappa shape index (κ1) is 10.4. The molecule has 0 unspecified atom stereocenters. The fourth-order valence-electron chi connectivity index (χ4n) is 0.991. The van der Waals surface area contributed by atoms with Crippen LogP contribution in [0, 0.1) is 0 Å². The highest BCUT2D eigenvalue weighted by Gasteiger charge is 2.37. The molecule has 0 saturated heterocycles. The van der Waals surface area contributed by atoms with Gasteiger partial charge in [0.1, 0.15) is 23.3 Å². The van der Waals surface area contributed by atoms with Crippen molar-refractivity contribution >= 4 is 6.29 Å². The van der Waals surface area contributed by atoms with E-state index in [1.165, 1.54) is 0 Å². The highest BCUT2D eigenvalue weighted by atomic mass is 19.4. The maximum absolute atomic E-state index is 12.1. The number of halogens is 3. The van der Waals surface area contributed by atoms with E-state index in [2.05, 4.69) is 0 Å². The molecule has 0 heterocycles. The van der Waals surface area contributed by atoms with Crippen LogP contribution in [-0.4, -0.2) is 16.5 Å². The molecule has 6 heteroatoms. The van der Waals surface area contributed by atoms with Crippen molar-refractivity contribution in [1.29, 1.82) is 0 Å². The third-order valence-electron chi connectivity index (χ3n) is 1.54. The first-order chi connectivity index (χ1) is 6.36. The summed E-state index contributed by atoms with van der Waals surface area (Å²) in [6, 6.07) is 1.27. The van der Waals surface area contributed by atoms with E-state index in [0.29, 0.717) is 12.1 Å². The van der Waals surface area contributed by atoms with Crippen LogP contribution < -0.4 is 0 Å². The standard InChI is InChI=1S/C8H5F3O3/c9-8(10,11)7-5(13)1-4(3-12)2-6(7)14/h1-3,13-14H. The van der Waals surface area contributed by atoms with Crippen molar-refractivity contribution in [2.45, 2.75) is 6.18 Å². The van der Waals surface area contributed by atoms with Gasteiger partial charge in [0.05, 0.1) is 0 Å². The second-order valence-electron chi connectivity index (χ2n) is 2.55. The summed E-state index contributed by atoms with van der Waals surface area (Å²) in [7, 11) is 0. The van der Waals surface area contributed by atoms with Gasteiger partial charge in [0, 0.05) is 5.56 Å². The predicted octanol–water partition coefficient (Wildman–Crippen LogP) is 1.93. The second-order valence-corrected chi connectivity index (χ2v) is 2.55. The van der Waals surface area contributed by atoms with E-state index >= 15 is 0 Å². The van der Waals surface area contributed by atoms with E-state index < -0.39 is 23.2 Å². The van der Waals surface area contributed by atoms with E-state index in [4.69, 9.17) is 10.2 Å². The molecule has 2 N–H and O–H groups in total. The molecule has 0 atom stereocenters. The van der Waals surface area contributed by atoms with Gasteiger partial charge in [0.2, 0.25) is 0 Å². The maximum Gasteiger partial charge on any atom is 0.423 e. The van der Waals surface area contributed by atoms with Gasteiger partial charge in [0.25, 0.3) is 0 Å². The number of benzene rings is 1. The Bertz CT molecular complexity index is 348. The summed E-state index contributed by atoms with van der Waals surface area (Å²) in [6.07, 6.45) is -4.63. The number of phenolic OH excluding ortho intramolecular Hbond substituents is 2. The summed E-state index contributed by atoms with van der Waals surface area (Å²) in [5.41, 5.74) is -1.77. The van der Waals surface area contributed by atoms with Crippen molar-refractivity contribution in [3.8, 4) is 11.5 Å². The fraction of sp³-hybridized carbons (Fsp3) is 0.125. The molecule has 14 heavy (non-hydrogen) atoms. The number of phenols is 2. The molecule has 3 nitrogen and oxygen atoms in total. The third kappa shape index (κ3) is 1.78. The summed E-state index contributed by atoms with van der Waals surface area (Å²) in [5.74, 6) is -2.33. The van der Waals surface area contributed by atoms with Gasteiger partial charge in [0.15, 0.2) is 0 Å². The third-order valence-corrected chi connectivity index (χ3v) is 1.54. The molecule has 0 amide bonds. The van der Waals surface area contributed by atoms with Crippen molar-refractivity contribution in [1.82, 2.24) is 0 Å². The zero-order valence-corrected chi connectivity index (χ0v) is 6.67. The SMILES string of the molecule is O=Cc1cc(O)c(C(F)(F)F)c(O)c1. The smallest absolute Gasteiger partial charge is 0.423 e. The highest BCUT2D eigenvalue weighted by molar-refractivity contribution is 5.77. The molecule has 1 aromatic rings. The van der Waals surface area contributed by atoms with E-state index in [1.54, 1.807) is 0 Å². The largest absolute Gasteiger partial charge is 0.507 e. The number of rotatable bonds is 1. The molecule has 0 fully saturated rings. The lowest BCUT2D eigenvalue weighted by molar-refractivity contribution is -0.139. The molecule has 1 rings (SSSR count). The summed E-state index contributed by atoms with van der Waals surface area (Å²) >= 11 is 0. The van der Waals surface area contributed by atoms with Gasteiger partial charge in [-0.3, -0.25) is 4.79 Å². The van der Waals surface area contributed by atoms with Gasteiger partial charge in [-0.15, -0.1) is 0 Å². The number of aldehydes is 1. The zero-order valence-electron chi connectivity index (χ0n) is 6.67. The molecule has 0 radical (unpaired) electrons. The number of hydrogen-bond acceptors (Lipinski definition) is 3. The van der Waals surface area contributed by atoms with Crippen molar-refractivity contribution in [2.24, 2.45) is 0 Å². The number of hydrogen-bond donors (Lipinski definition) is 2. The van der Waals surface area contributed by atoms with Crippen molar-refractivity contribution in [2.75, 3.05) is 0 Å². The Balaban J connectivity index is 3.40. The zero-order chi connectivity index (χ0) is 10.9. The van der Waals surface area contributed by atoms with Crippen LogP contribution in [0.2, 0.25) is 0 Å². The lowest BCUT2D eigenvalue weighted by Crippen LogP contribution is -2.06. The van der Waals surface area contributed by atoms with Crippen molar-refractivity contribution in [3.63, 3.8) is 0 Å². The summed E-state index contributed by atoms with van der Waals surface area (Å²) in [5, 5.41) is 17.8. The number of carbonyl (C=O) groups is 1. The number of alkyl halides is 3. The molecule has 0 aromatic heterocycles. The average molecular weight is 206 g/mol. The van der Waals surface area contributed by atoms with Crippen molar-refractivity contribution in [3.05, 3.63) is 23.3 Å². The Labute approximate surface area is 76.4 Å². The highest BCUT2D eigenvalue weighted by Crippen LogP contribution is 2.41. The lowest BCUT2D eigenvalue weighted by atomic mass is 10.1. The van der Waals surface area contributed by atoms with Crippen LogP contribution in [-0.2, 0) is 6.18 Å². The molecule has 0 aliphatic rings. The quantitative estimate of drug-likeness (QED) is 0.690. The Morgan fingerprint density at radius 2 is 1.57 bits per heavy atom. The summed E-state index contributed by atoms with van der Waals surface area (Å²) in [4.78, 5) is 10.2. The normalized spacial score (nSPS) is 11.4. The van der Waals surface area contributed by atoms with Gasteiger partial charge in [-0.05, 0) is 12.1 Å². The van der Waals surface area contributed by atoms with Gasteiger partial charge >= 0.3 is 6.18 Å². The van der Waals surface area contributed by atoms with E-state index in [0.717, 1.165) is 0 Å². The Kier molecular flexibility index (Phi) is 2.37. The van der Waals surface area contributed by atoms with Gasteiger partial charge in [-0.25, -0.2) is 0 Å². The van der Waals surface area contributed by atoms with Crippen LogP contribution in [0.3, 0.4) is 0 Å². The fourth-order valence-corrected chi connectivity index (χ4v) is 0.991. The van der Waals surface area contributed by atoms with Crippen LogP contribution in [0.25, 0.3) is 0 Å². The van der Waals surface area contributed by atoms with Gasteiger partial charge < -0.3 is 10.2 Å². The van der Waals surface area contributed by atoms with E-state index in [-0.39, 0.29) is 11.8 Å². The average Bonchev–Trinajstić information content (AvgIpc) is 1.99. The van der Waals surface area contributed by atoms with Crippen LogP contribution in [0.1, 0.15) is 15.9 Å². The second kappa shape index (κ2) is 3.21. The first-order valence-corrected chi connectivity index (χ1v) is 3.44. The Hall–Kier alpha value is -1.72. The van der Waals surface area contributed by atoms with E-state index in [1.807, 2.05) is 0 Å². The van der Waals surface area contributed by atoms with Crippen molar-refractivity contribution < 1.29 is 28.2 Å². The molecule has 1 aromatic carbocycles. The minimum absolute atomic E-state index is 0.222. The van der Waals surface area contributed by atoms with Crippen LogP contribution in [0.4, 0.5) is 13.2 Å². The topological polar surface area (TPSA) is 57.5 Å². The van der Waals surface area contributed by atoms with Crippen LogP contribution >= 0.6 is 0 Å². The monoisotopic (exact) mass is 206 g/mol. The minimum atomic E-state index is -4.85. The van der Waals surface area contributed by atoms with Gasteiger partial charge in [-0.2, -0.15) is 13.2 Å². The first-order valence-electron chi connectivity index (χ1n) is 3.44. The Morgan fingerprint density at radius 1 is 1.14 bits per heavy atom. The molecule has 0 bridgehead atoms. The lowest BCUT2D eigenvalue weighted by Gasteiger charge is -2.10. The maximum atomic E-state index is 12.1. The molecule has 76 valence electrons. The molecular weight excluding hydrogens is 201 g/mol. The van der Waals surface area contributed by atoms with Gasteiger partial charge in [-0.1, -0.05) is 0 Å². The van der Waals surface area contributed by atoms with Crippen LogP contribution in [0.5, 0.6) is 11.5 Å². The van der Waals surface area contributed by atoms with E-state index in [9.17, 15) is 18.0 Å².